The van der Waals surface area contributed by atoms with Crippen LogP contribution in [0.5, 0.6) is 0 Å². The Labute approximate surface area is 118 Å². The first kappa shape index (κ1) is 13.6. The number of amides is 1. The molecule has 1 amide bonds. The van der Waals surface area contributed by atoms with E-state index in [-0.39, 0.29) is 36.2 Å². The molecule has 3 saturated heterocycles. The second-order valence-electron chi connectivity index (χ2n) is 6.01. The second kappa shape index (κ2) is 4.88. The fourth-order valence-electron chi connectivity index (χ4n) is 3.59. The Kier molecular flexibility index (Phi) is 3.32. The Morgan fingerprint density at radius 3 is 2.95 bits per heavy atom. The van der Waals surface area contributed by atoms with Crippen LogP contribution in [-0.4, -0.2) is 47.7 Å². The van der Waals surface area contributed by atoms with Gasteiger partial charge in [-0.3, -0.25) is 4.79 Å². The van der Waals surface area contributed by atoms with Gasteiger partial charge < -0.3 is 14.4 Å². The standard InChI is InChI=1S/C15H21NO4/c1-4-5-6-16-11-12-9(14(16)17)7-10(19-12)13(11)20-15(18)8(2)3/h9-13H,2,4-7H2,1,3H3/t9?,10-,11?,12?,13?/m0/s1. The van der Waals surface area contributed by atoms with Gasteiger partial charge in [-0.05, 0) is 19.8 Å². The maximum atomic E-state index is 12.4. The highest BCUT2D eigenvalue weighted by molar-refractivity contribution is 5.88. The lowest BCUT2D eigenvalue weighted by molar-refractivity contribution is -0.150. The Bertz CT molecular complexity index is 461. The third-order valence-electron chi connectivity index (χ3n) is 4.56. The zero-order valence-corrected chi connectivity index (χ0v) is 12.0. The Hall–Kier alpha value is -1.36. The molecule has 110 valence electrons. The van der Waals surface area contributed by atoms with Crippen LogP contribution in [0, 0.1) is 5.92 Å². The summed E-state index contributed by atoms with van der Waals surface area (Å²) in [6.07, 6.45) is 2.13. The van der Waals surface area contributed by atoms with Gasteiger partial charge in [-0.25, -0.2) is 4.79 Å². The molecule has 4 unspecified atom stereocenters. The van der Waals surface area contributed by atoms with E-state index in [1.54, 1.807) is 6.92 Å². The SMILES string of the molecule is C=C(C)C(=O)OC1C2C3O[C@H]1CC3C(=O)N2CCCC. The Morgan fingerprint density at radius 2 is 2.30 bits per heavy atom. The summed E-state index contributed by atoms with van der Waals surface area (Å²) in [6, 6.07) is -0.0962. The molecule has 0 N–H and O–H groups in total. The van der Waals surface area contributed by atoms with E-state index >= 15 is 0 Å². The molecule has 5 nitrogen and oxygen atoms in total. The molecule has 20 heavy (non-hydrogen) atoms. The minimum absolute atomic E-state index is 0.0263. The number of rotatable bonds is 5. The van der Waals surface area contributed by atoms with Crippen LogP contribution in [0.25, 0.3) is 0 Å². The van der Waals surface area contributed by atoms with Crippen molar-refractivity contribution in [3.8, 4) is 0 Å². The third-order valence-corrected chi connectivity index (χ3v) is 4.56. The molecule has 0 spiro atoms. The van der Waals surface area contributed by atoms with Crippen LogP contribution in [0.15, 0.2) is 12.2 Å². The zero-order chi connectivity index (χ0) is 14.4. The van der Waals surface area contributed by atoms with E-state index in [0.717, 1.165) is 19.4 Å². The quantitative estimate of drug-likeness (QED) is 0.562. The molecule has 2 bridgehead atoms. The molecule has 0 aromatic carbocycles. The topological polar surface area (TPSA) is 55.8 Å². The van der Waals surface area contributed by atoms with E-state index < -0.39 is 5.97 Å². The number of nitrogens with zero attached hydrogens (tertiary/aromatic N) is 1. The van der Waals surface area contributed by atoms with Crippen LogP contribution in [0.4, 0.5) is 0 Å². The fourth-order valence-corrected chi connectivity index (χ4v) is 3.59. The van der Waals surface area contributed by atoms with Crippen molar-refractivity contribution in [1.82, 2.24) is 4.90 Å². The van der Waals surface area contributed by atoms with E-state index in [9.17, 15) is 9.59 Å². The summed E-state index contributed by atoms with van der Waals surface area (Å²) >= 11 is 0. The summed E-state index contributed by atoms with van der Waals surface area (Å²) in [7, 11) is 0. The molecule has 0 aromatic heterocycles. The lowest BCUT2D eigenvalue weighted by Gasteiger charge is -2.29. The number of likely N-dealkylation sites (tertiary alicyclic amines) is 1. The van der Waals surface area contributed by atoms with Crippen molar-refractivity contribution in [3.05, 3.63) is 12.2 Å². The predicted octanol–water partition coefficient (Wildman–Crippen LogP) is 1.27. The van der Waals surface area contributed by atoms with E-state index in [1.165, 1.54) is 0 Å². The van der Waals surface area contributed by atoms with Gasteiger partial charge in [0, 0.05) is 12.1 Å². The largest absolute Gasteiger partial charge is 0.454 e. The van der Waals surface area contributed by atoms with Crippen LogP contribution in [0.3, 0.4) is 0 Å². The van der Waals surface area contributed by atoms with Crippen molar-refractivity contribution in [3.63, 3.8) is 0 Å². The summed E-state index contributed by atoms with van der Waals surface area (Å²) in [6.45, 7) is 8.07. The molecule has 3 aliphatic rings. The molecular weight excluding hydrogens is 258 g/mol. The van der Waals surface area contributed by atoms with Crippen molar-refractivity contribution in [1.29, 1.82) is 0 Å². The average molecular weight is 279 g/mol. The summed E-state index contributed by atoms with van der Waals surface area (Å²) in [5, 5.41) is 0. The molecule has 3 rings (SSSR count). The number of unbranched alkanes of at least 4 members (excludes halogenated alkanes) is 1. The molecule has 0 aromatic rings. The van der Waals surface area contributed by atoms with Crippen molar-refractivity contribution in [2.24, 2.45) is 5.92 Å². The molecule has 0 radical (unpaired) electrons. The van der Waals surface area contributed by atoms with E-state index in [0.29, 0.717) is 12.0 Å². The summed E-state index contributed by atoms with van der Waals surface area (Å²) in [5.74, 6) is -0.246. The number of carbonyl (C=O) groups is 2. The number of esters is 1. The maximum Gasteiger partial charge on any atom is 0.333 e. The van der Waals surface area contributed by atoms with Crippen molar-refractivity contribution in [2.75, 3.05) is 6.54 Å². The van der Waals surface area contributed by atoms with Gasteiger partial charge >= 0.3 is 5.97 Å². The summed E-state index contributed by atoms with van der Waals surface area (Å²) in [4.78, 5) is 26.0. The first-order chi connectivity index (χ1) is 9.54. The Morgan fingerprint density at radius 1 is 1.55 bits per heavy atom. The molecule has 3 heterocycles. The van der Waals surface area contributed by atoms with E-state index in [2.05, 4.69) is 13.5 Å². The van der Waals surface area contributed by atoms with Crippen LogP contribution in [0.2, 0.25) is 0 Å². The number of ether oxygens (including phenoxy) is 2. The van der Waals surface area contributed by atoms with Gasteiger partial charge in [0.15, 0.2) is 6.10 Å². The van der Waals surface area contributed by atoms with Gasteiger partial charge in [0.25, 0.3) is 0 Å². The number of fused-ring (bicyclic) bond motifs is 1. The minimum Gasteiger partial charge on any atom is -0.454 e. The molecule has 3 aliphatic heterocycles. The predicted molar refractivity (Wildman–Crippen MR) is 71.9 cm³/mol. The number of hydrogen-bond donors (Lipinski definition) is 0. The van der Waals surface area contributed by atoms with Crippen LogP contribution >= 0.6 is 0 Å². The highest BCUT2D eigenvalue weighted by Gasteiger charge is 2.65. The van der Waals surface area contributed by atoms with Crippen LogP contribution in [-0.2, 0) is 19.1 Å². The van der Waals surface area contributed by atoms with Crippen LogP contribution < -0.4 is 0 Å². The maximum absolute atomic E-state index is 12.4. The van der Waals surface area contributed by atoms with E-state index in [4.69, 9.17) is 9.47 Å². The molecule has 5 atom stereocenters. The first-order valence-electron chi connectivity index (χ1n) is 7.37. The highest BCUT2D eigenvalue weighted by Crippen LogP contribution is 2.48. The van der Waals surface area contributed by atoms with Gasteiger partial charge in [0.1, 0.15) is 0 Å². The molecular formula is C15H21NO4. The summed E-state index contributed by atoms with van der Waals surface area (Å²) < 4.78 is 11.4. The fraction of sp³-hybridized carbons (Fsp3) is 0.733. The van der Waals surface area contributed by atoms with Gasteiger partial charge in [-0.15, -0.1) is 0 Å². The van der Waals surface area contributed by atoms with Gasteiger partial charge in [0.05, 0.1) is 24.2 Å². The molecule has 3 fully saturated rings. The zero-order valence-electron chi connectivity index (χ0n) is 12.0. The lowest BCUT2D eigenvalue weighted by Crippen LogP contribution is -2.47. The van der Waals surface area contributed by atoms with Gasteiger partial charge in [-0.2, -0.15) is 0 Å². The average Bonchev–Trinajstić information content (AvgIpc) is 3.01. The molecule has 0 aliphatic carbocycles. The number of carbonyl (C=O) groups excluding carboxylic acids is 2. The van der Waals surface area contributed by atoms with E-state index in [1.807, 2.05) is 4.90 Å². The van der Waals surface area contributed by atoms with Gasteiger partial charge in [-0.1, -0.05) is 19.9 Å². The van der Waals surface area contributed by atoms with Crippen molar-refractivity contribution >= 4 is 11.9 Å². The molecule has 5 heteroatoms. The first-order valence-corrected chi connectivity index (χ1v) is 7.37. The Balaban J connectivity index is 1.78. The minimum atomic E-state index is -0.391. The highest BCUT2D eigenvalue weighted by atomic mass is 16.6. The second-order valence-corrected chi connectivity index (χ2v) is 6.01. The van der Waals surface area contributed by atoms with Crippen LogP contribution in [0.1, 0.15) is 33.1 Å². The number of hydrogen-bond acceptors (Lipinski definition) is 4. The third kappa shape index (κ3) is 1.87. The molecule has 0 saturated carbocycles. The van der Waals surface area contributed by atoms with Crippen molar-refractivity contribution < 1.29 is 19.1 Å². The van der Waals surface area contributed by atoms with Gasteiger partial charge in [0.2, 0.25) is 5.91 Å². The summed E-state index contributed by atoms with van der Waals surface area (Å²) in [5.41, 5.74) is 0.383. The monoisotopic (exact) mass is 279 g/mol. The lowest BCUT2D eigenvalue weighted by atomic mass is 9.88. The normalized spacial score (nSPS) is 37.6. The smallest absolute Gasteiger partial charge is 0.333 e. The van der Waals surface area contributed by atoms with Crippen molar-refractivity contribution in [2.45, 2.75) is 57.5 Å².